The van der Waals surface area contributed by atoms with E-state index < -0.39 is 11.6 Å². The molecule has 3 fully saturated rings. The molecule has 1 saturated carbocycles. The van der Waals surface area contributed by atoms with Gasteiger partial charge in [-0.3, -0.25) is 14.0 Å². The number of morpholine rings is 1. The average molecular weight is 491 g/mol. The van der Waals surface area contributed by atoms with E-state index >= 15 is 0 Å². The van der Waals surface area contributed by atoms with Crippen molar-refractivity contribution in [2.75, 3.05) is 45.9 Å². The van der Waals surface area contributed by atoms with Gasteiger partial charge in [0.1, 0.15) is 0 Å². The molecule has 194 valence electrons. The first-order chi connectivity index (χ1) is 16.9. The Hall–Kier alpha value is -1.77. The summed E-state index contributed by atoms with van der Waals surface area (Å²) in [5, 5.41) is 0. The van der Waals surface area contributed by atoms with E-state index in [1.807, 2.05) is 0 Å². The number of imidazole rings is 1. The number of piperidine rings is 1. The van der Waals surface area contributed by atoms with Crippen LogP contribution in [-0.4, -0.2) is 70.9 Å². The minimum Gasteiger partial charge on any atom is -0.379 e. The molecule has 3 aliphatic rings. The quantitative estimate of drug-likeness (QED) is 0.607. The van der Waals surface area contributed by atoms with Gasteiger partial charge < -0.3 is 9.64 Å². The number of hydrogen-bond donors (Lipinski definition) is 0. The lowest BCUT2D eigenvalue weighted by Crippen LogP contribution is -2.45. The normalized spacial score (nSPS) is 25.6. The van der Waals surface area contributed by atoms with Gasteiger partial charge in [-0.05, 0) is 50.4 Å². The maximum Gasteiger partial charge on any atom is 0.329 e. The Bertz CT molecular complexity index is 1060. The number of hydrogen-bond acceptors (Lipinski definition) is 4. The second kappa shape index (κ2) is 10.7. The van der Waals surface area contributed by atoms with Gasteiger partial charge in [-0.1, -0.05) is 13.8 Å². The number of aromatic nitrogens is 2. The number of likely N-dealkylation sites (tertiary alicyclic amines) is 1. The number of halogens is 2. The van der Waals surface area contributed by atoms with Crippen LogP contribution >= 0.6 is 0 Å². The maximum absolute atomic E-state index is 14.3. The summed E-state index contributed by atoms with van der Waals surface area (Å²) in [5.41, 5.74) is 0.873. The predicted octanol–water partition coefficient (Wildman–Crippen LogP) is 4.27. The van der Waals surface area contributed by atoms with Gasteiger partial charge in [0.25, 0.3) is 0 Å². The van der Waals surface area contributed by atoms with Crippen molar-refractivity contribution in [3.63, 3.8) is 0 Å². The molecule has 2 saturated heterocycles. The van der Waals surface area contributed by atoms with Gasteiger partial charge in [-0.15, -0.1) is 0 Å². The molecule has 0 N–H and O–H groups in total. The van der Waals surface area contributed by atoms with Crippen LogP contribution in [-0.2, 0) is 11.3 Å². The number of nitrogens with zero attached hydrogens (tertiary/aromatic N) is 4. The molecule has 2 aliphatic heterocycles. The highest BCUT2D eigenvalue weighted by molar-refractivity contribution is 5.76. The molecule has 3 heterocycles. The number of fused-ring (bicyclic) bond motifs is 1. The minimum atomic E-state index is -0.901. The smallest absolute Gasteiger partial charge is 0.329 e. The van der Waals surface area contributed by atoms with E-state index in [9.17, 15) is 13.6 Å². The standard InChI is InChI=1S/C27H40F2N4O2/c1-19(2)20-3-5-21(6-4-20)31-9-7-22(8-10-31)33-26-18-24(29)23(28)17-25(26)32(27(33)34)12-11-30-13-15-35-16-14-30/h17-22H,3-16H2,1-2H3. The van der Waals surface area contributed by atoms with Crippen molar-refractivity contribution in [1.29, 1.82) is 0 Å². The van der Waals surface area contributed by atoms with E-state index in [1.165, 1.54) is 37.8 Å². The van der Waals surface area contributed by atoms with E-state index in [-0.39, 0.29) is 11.7 Å². The molecular formula is C27H40F2N4O2. The Morgan fingerprint density at radius 1 is 0.857 bits per heavy atom. The largest absolute Gasteiger partial charge is 0.379 e. The van der Waals surface area contributed by atoms with Crippen LogP contribution in [0.3, 0.4) is 0 Å². The molecule has 8 heteroatoms. The van der Waals surface area contributed by atoms with Crippen LogP contribution in [0.2, 0.25) is 0 Å². The molecule has 1 aliphatic carbocycles. The van der Waals surface area contributed by atoms with E-state index in [2.05, 4.69) is 23.6 Å². The highest BCUT2D eigenvalue weighted by atomic mass is 19.2. The van der Waals surface area contributed by atoms with Crippen LogP contribution in [0.4, 0.5) is 8.78 Å². The van der Waals surface area contributed by atoms with E-state index in [1.54, 1.807) is 9.13 Å². The molecule has 0 bridgehead atoms. The lowest BCUT2D eigenvalue weighted by molar-refractivity contribution is 0.0363. The summed E-state index contributed by atoms with van der Waals surface area (Å²) in [7, 11) is 0. The van der Waals surface area contributed by atoms with Gasteiger partial charge in [0, 0.05) is 63.5 Å². The fourth-order valence-electron chi connectivity index (χ4n) is 6.55. The maximum atomic E-state index is 14.3. The van der Waals surface area contributed by atoms with Gasteiger partial charge >= 0.3 is 5.69 Å². The van der Waals surface area contributed by atoms with Gasteiger partial charge in [0.05, 0.1) is 24.2 Å². The minimum absolute atomic E-state index is 0.0164. The first kappa shape index (κ1) is 24.9. The average Bonchev–Trinajstić information content (AvgIpc) is 3.13. The van der Waals surface area contributed by atoms with Gasteiger partial charge in [0.2, 0.25) is 0 Å². The van der Waals surface area contributed by atoms with Crippen LogP contribution < -0.4 is 5.69 Å². The van der Waals surface area contributed by atoms with Crippen molar-refractivity contribution in [2.24, 2.45) is 11.8 Å². The van der Waals surface area contributed by atoms with E-state index in [0.717, 1.165) is 50.9 Å². The summed E-state index contributed by atoms with van der Waals surface area (Å²) in [6, 6.07) is 3.08. The number of ether oxygens (including phenoxy) is 1. The van der Waals surface area contributed by atoms with Crippen molar-refractivity contribution in [2.45, 2.75) is 71.0 Å². The summed E-state index contributed by atoms with van der Waals surface area (Å²) < 4.78 is 37.3. The molecule has 0 spiro atoms. The molecular weight excluding hydrogens is 450 g/mol. The van der Waals surface area contributed by atoms with Gasteiger partial charge in [-0.25, -0.2) is 13.6 Å². The molecule has 0 unspecified atom stereocenters. The van der Waals surface area contributed by atoms with Crippen LogP contribution in [0.5, 0.6) is 0 Å². The molecule has 2 aromatic rings. The van der Waals surface area contributed by atoms with Crippen LogP contribution in [0, 0.1) is 23.5 Å². The Morgan fingerprint density at radius 2 is 1.49 bits per heavy atom. The molecule has 1 aromatic heterocycles. The molecule has 35 heavy (non-hydrogen) atoms. The van der Waals surface area contributed by atoms with Crippen molar-refractivity contribution in [3.8, 4) is 0 Å². The summed E-state index contributed by atoms with van der Waals surface area (Å²) in [6.45, 7) is 10.8. The number of benzene rings is 1. The Labute approximate surface area is 206 Å². The van der Waals surface area contributed by atoms with Crippen LogP contribution in [0.25, 0.3) is 11.0 Å². The first-order valence-corrected chi connectivity index (χ1v) is 13.6. The fourth-order valence-corrected chi connectivity index (χ4v) is 6.55. The van der Waals surface area contributed by atoms with Crippen molar-refractivity contribution in [3.05, 3.63) is 34.3 Å². The summed E-state index contributed by atoms with van der Waals surface area (Å²) in [5.74, 6) is -0.182. The summed E-state index contributed by atoms with van der Waals surface area (Å²) in [4.78, 5) is 18.5. The third-order valence-electron chi connectivity index (χ3n) is 8.81. The molecule has 0 atom stereocenters. The lowest BCUT2D eigenvalue weighted by Gasteiger charge is -2.41. The van der Waals surface area contributed by atoms with Crippen molar-refractivity contribution in [1.82, 2.24) is 18.9 Å². The molecule has 0 radical (unpaired) electrons. The molecule has 0 amide bonds. The van der Waals surface area contributed by atoms with Crippen LogP contribution in [0.1, 0.15) is 58.4 Å². The topological polar surface area (TPSA) is 42.6 Å². The summed E-state index contributed by atoms with van der Waals surface area (Å²) in [6.07, 6.45) is 6.88. The van der Waals surface area contributed by atoms with Gasteiger partial charge in [-0.2, -0.15) is 0 Å². The highest BCUT2D eigenvalue weighted by Crippen LogP contribution is 2.35. The van der Waals surface area contributed by atoms with Crippen molar-refractivity contribution >= 4 is 11.0 Å². The zero-order valence-electron chi connectivity index (χ0n) is 21.2. The third kappa shape index (κ3) is 5.20. The Balaban J connectivity index is 1.32. The predicted molar refractivity (Wildman–Crippen MR) is 134 cm³/mol. The molecule has 1 aromatic carbocycles. The van der Waals surface area contributed by atoms with Gasteiger partial charge in [0.15, 0.2) is 11.6 Å². The fraction of sp³-hybridized carbons (Fsp3) is 0.741. The lowest BCUT2D eigenvalue weighted by atomic mass is 9.79. The van der Waals surface area contributed by atoms with E-state index in [4.69, 9.17) is 4.74 Å². The third-order valence-corrected chi connectivity index (χ3v) is 8.81. The zero-order chi connectivity index (χ0) is 24.5. The van der Waals surface area contributed by atoms with E-state index in [0.29, 0.717) is 43.4 Å². The SMILES string of the molecule is CC(C)C1CCC(N2CCC(n3c(=O)n(CCN4CCOCC4)c4cc(F)c(F)cc43)CC2)CC1. The molecule has 6 nitrogen and oxygen atoms in total. The summed E-state index contributed by atoms with van der Waals surface area (Å²) >= 11 is 0. The number of rotatable bonds is 6. The monoisotopic (exact) mass is 490 g/mol. The van der Waals surface area contributed by atoms with Crippen molar-refractivity contribution < 1.29 is 13.5 Å². The molecule has 5 rings (SSSR count). The Morgan fingerprint density at radius 3 is 2.11 bits per heavy atom. The second-order valence-corrected chi connectivity index (χ2v) is 11.1. The highest BCUT2D eigenvalue weighted by Gasteiger charge is 2.32. The Kier molecular flexibility index (Phi) is 7.61. The second-order valence-electron chi connectivity index (χ2n) is 11.1. The van der Waals surface area contributed by atoms with Crippen LogP contribution in [0.15, 0.2) is 16.9 Å². The zero-order valence-corrected chi connectivity index (χ0v) is 21.2. The first-order valence-electron chi connectivity index (χ1n) is 13.6.